The summed E-state index contributed by atoms with van der Waals surface area (Å²) in [5.74, 6) is 0. The second-order valence-corrected chi connectivity index (χ2v) is 4.62. The molecule has 1 aromatic carbocycles. The SMILES string of the molecule is Nc1cc(NC2CCCCC2)ccc1Cl. The van der Waals surface area contributed by atoms with Gasteiger partial charge in [-0.25, -0.2) is 0 Å². The molecule has 0 radical (unpaired) electrons. The first kappa shape index (κ1) is 10.6. The van der Waals surface area contributed by atoms with Crippen LogP contribution in [0.3, 0.4) is 0 Å². The third kappa shape index (κ3) is 2.78. The lowest BCUT2D eigenvalue weighted by atomic mass is 9.95. The molecular formula is C12H17ClN2. The maximum Gasteiger partial charge on any atom is 0.0636 e. The van der Waals surface area contributed by atoms with E-state index in [2.05, 4.69) is 5.32 Å². The Morgan fingerprint density at radius 2 is 1.93 bits per heavy atom. The number of hydrogen-bond donors (Lipinski definition) is 2. The van der Waals surface area contributed by atoms with Crippen molar-refractivity contribution in [2.24, 2.45) is 0 Å². The summed E-state index contributed by atoms with van der Waals surface area (Å²) in [5, 5.41) is 4.14. The molecule has 1 fully saturated rings. The molecule has 82 valence electrons. The molecule has 0 atom stereocenters. The number of nitrogen functional groups attached to an aromatic ring is 1. The lowest BCUT2D eigenvalue weighted by Gasteiger charge is -2.24. The van der Waals surface area contributed by atoms with Crippen molar-refractivity contribution < 1.29 is 0 Å². The smallest absolute Gasteiger partial charge is 0.0636 e. The summed E-state index contributed by atoms with van der Waals surface area (Å²) < 4.78 is 0. The molecule has 0 aromatic heterocycles. The van der Waals surface area contributed by atoms with Crippen molar-refractivity contribution >= 4 is 23.0 Å². The van der Waals surface area contributed by atoms with Crippen molar-refractivity contribution in [3.05, 3.63) is 23.2 Å². The normalized spacial score (nSPS) is 17.7. The maximum absolute atomic E-state index is 5.87. The highest BCUT2D eigenvalue weighted by atomic mass is 35.5. The van der Waals surface area contributed by atoms with Gasteiger partial charge in [0.05, 0.1) is 10.7 Å². The van der Waals surface area contributed by atoms with Crippen LogP contribution >= 0.6 is 11.6 Å². The molecule has 0 saturated heterocycles. The van der Waals surface area contributed by atoms with E-state index in [-0.39, 0.29) is 0 Å². The van der Waals surface area contributed by atoms with Gasteiger partial charge in [-0.3, -0.25) is 0 Å². The number of nitrogens with one attached hydrogen (secondary N) is 1. The number of halogens is 1. The summed E-state index contributed by atoms with van der Waals surface area (Å²) in [5.41, 5.74) is 7.49. The molecule has 1 saturated carbocycles. The summed E-state index contributed by atoms with van der Waals surface area (Å²) in [7, 11) is 0. The Kier molecular flexibility index (Phi) is 3.37. The van der Waals surface area contributed by atoms with Crippen LogP contribution in [-0.4, -0.2) is 6.04 Å². The molecule has 3 N–H and O–H groups in total. The predicted octanol–water partition coefficient (Wildman–Crippen LogP) is 3.67. The fraction of sp³-hybridized carbons (Fsp3) is 0.500. The minimum Gasteiger partial charge on any atom is -0.397 e. The van der Waals surface area contributed by atoms with Gasteiger partial charge in [0, 0.05) is 11.7 Å². The summed E-state index contributed by atoms with van der Waals surface area (Å²) in [6, 6.07) is 6.37. The third-order valence-electron chi connectivity index (χ3n) is 2.97. The van der Waals surface area contributed by atoms with E-state index in [4.69, 9.17) is 17.3 Å². The van der Waals surface area contributed by atoms with E-state index in [0.717, 1.165) is 5.69 Å². The highest BCUT2D eigenvalue weighted by molar-refractivity contribution is 6.33. The molecular weight excluding hydrogens is 208 g/mol. The van der Waals surface area contributed by atoms with Crippen molar-refractivity contribution in [2.75, 3.05) is 11.1 Å². The quantitative estimate of drug-likeness (QED) is 0.753. The van der Waals surface area contributed by atoms with E-state index in [9.17, 15) is 0 Å². The number of benzene rings is 1. The van der Waals surface area contributed by atoms with Gasteiger partial charge in [0.15, 0.2) is 0 Å². The molecule has 3 heteroatoms. The molecule has 1 aliphatic rings. The molecule has 2 rings (SSSR count). The molecule has 0 amide bonds. The average molecular weight is 225 g/mol. The zero-order valence-corrected chi connectivity index (χ0v) is 9.56. The predicted molar refractivity (Wildman–Crippen MR) is 66.4 cm³/mol. The van der Waals surface area contributed by atoms with E-state index in [1.54, 1.807) is 0 Å². The van der Waals surface area contributed by atoms with Crippen LogP contribution in [0.2, 0.25) is 5.02 Å². The van der Waals surface area contributed by atoms with Crippen LogP contribution in [0.25, 0.3) is 0 Å². The molecule has 1 aromatic rings. The average Bonchev–Trinajstić information content (AvgIpc) is 2.25. The Hall–Kier alpha value is -0.890. The highest BCUT2D eigenvalue weighted by Crippen LogP contribution is 2.25. The maximum atomic E-state index is 5.87. The van der Waals surface area contributed by atoms with Crippen LogP contribution in [0.1, 0.15) is 32.1 Å². The zero-order chi connectivity index (χ0) is 10.7. The van der Waals surface area contributed by atoms with Crippen molar-refractivity contribution in [2.45, 2.75) is 38.1 Å². The van der Waals surface area contributed by atoms with Gasteiger partial charge < -0.3 is 11.1 Å². The van der Waals surface area contributed by atoms with Gasteiger partial charge in [0.2, 0.25) is 0 Å². The van der Waals surface area contributed by atoms with Crippen LogP contribution in [0, 0.1) is 0 Å². The lowest BCUT2D eigenvalue weighted by Crippen LogP contribution is -2.22. The minimum absolute atomic E-state index is 0.610. The first-order valence-corrected chi connectivity index (χ1v) is 5.95. The van der Waals surface area contributed by atoms with Crippen molar-refractivity contribution in [1.82, 2.24) is 0 Å². The van der Waals surface area contributed by atoms with Crippen LogP contribution in [0.5, 0.6) is 0 Å². The van der Waals surface area contributed by atoms with Gasteiger partial charge in [0.1, 0.15) is 0 Å². The van der Waals surface area contributed by atoms with E-state index < -0.39 is 0 Å². The summed E-state index contributed by atoms with van der Waals surface area (Å²) in [6.45, 7) is 0. The third-order valence-corrected chi connectivity index (χ3v) is 3.32. The molecule has 0 aliphatic heterocycles. The van der Waals surface area contributed by atoms with E-state index in [0.29, 0.717) is 16.8 Å². The molecule has 0 bridgehead atoms. The Morgan fingerprint density at radius 1 is 1.20 bits per heavy atom. The Balaban J connectivity index is 2.00. The van der Waals surface area contributed by atoms with Crippen LogP contribution in [0.15, 0.2) is 18.2 Å². The van der Waals surface area contributed by atoms with E-state index >= 15 is 0 Å². The standard InChI is InChI=1S/C12H17ClN2/c13-11-7-6-10(8-12(11)14)15-9-4-2-1-3-5-9/h6-9,15H,1-5,14H2. The van der Waals surface area contributed by atoms with E-state index in [1.807, 2.05) is 18.2 Å². The monoisotopic (exact) mass is 224 g/mol. The highest BCUT2D eigenvalue weighted by Gasteiger charge is 2.12. The molecule has 0 spiro atoms. The molecule has 0 heterocycles. The number of rotatable bonds is 2. The molecule has 15 heavy (non-hydrogen) atoms. The van der Waals surface area contributed by atoms with Crippen LogP contribution < -0.4 is 11.1 Å². The fourth-order valence-corrected chi connectivity index (χ4v) is 2.23. The van der Waals surface area contributed by atoms with Crippen molar-refractivity contribution in [3.63, 3.8) is 0 Å². The topological polar surface area (TPSA) is 38.0 Å². The molecule has 1 aliphatic carbocycles. The Bertz CT molecular complexity index is 332. The van der Waals surface area contributed by atoms with Gasteiger partial charge in [-0.05, 0) is 31.0 Å². The fourth-order valence-electron chi connectivity index (χ4n) is 2.12. The number of hydrogen-bond acceptors (Lipinski definition) is 2. The van der Waals surface area contributed by atoms with Gasteiger partial charge in [0.25, 0.3) is 0 Å². The van der Waals surface area contributed by atoms with Crippen molar-refractivity contribution in [3.8, 4) is 0 Å². The lowest BCUT2D eigenvalue weighted by molar-refractivity contribution is 0.463. The van der Waals surface area contributed by atoms with Crippen molar-refractivity contribution in [1.29, 1.82) is 0 Å². The van der Waals surface area contributed by atoms with Crippen LogP contribution in [0.4, 0.5) is 11.4 Å². The second-order valence-electron chi connectivity index (χ2n) is 4.22. The minimum atomic E-state index is 0.610. The molecule has 2 nitrogen and oxygen atoms in total. The zero-order valence-electron chi connectivity index (χ0n) is 8.80. The van der Waals surface area contributed by atoms with Crippen LogP contribution in [-0.2, 0) is 0 Å². The van der Waals surface area contributed by atoms with Gasteiger partial charge >= 0.3 is 0 Å². The first-order valence-electron chi connectivity index (χ1n) is 5.57. The number of nitrogens with two attached hydrogens (primary N) is 1. The van der Waals surface area contributed by atoms with Gasteiger partial charge in [-0.15, -0.1) is 0 Å². The summed E-state index contributed by atoms with van der Waals surface area (Å²) in [6.07, 6.45) is 6.58. The van der Waals surface area contributed by atoms with Gasteiger partial charge in [-0.2, -0.15) is 0 Å². The summed E-state index contributed by atoms with van der Waals surface area (Å²) in [4.78, 5) is 0. The molecule has 0 unspecified atom stereocenters. The second kappa shape index (κ2) is 4.75. The largest absolute Gasteiger partial charge is 0.397 e. The Labute approximate surface area is 95.8 Å². The Morgan fingerprint density at radius 3 is 2.60 bits per heavy atom. The first-order chi connectivity index (χ1) is 7.25. The van der Waals surface area contributed by atoms with Gasteiger partial charge in [-0.1, -0.05) is 30.9 Å². The summed E-state index contributed by atoms with van der Waals surface area (Å²) >= 11 is 5.87. The van der Waals surface area contributed by atoms with E-state index in [1.165, 1.54) is 32.1 Å². The number of anilines is 2.